The summed E-state index contributed by atoms with van der Waals surface area (Å²) in [5.41, 5.74) is 0.636. The number of rotatable bonds is 2. The van der Waals surface area contributed by atoms with Gasteiger partial charge in [0.1, 0.15) is 11.4 Å². The molecule has 1 aromatic heterocycles. The summed E-state index contributed by atoms with van der Waals surface area (Å²) in [6.45, 7) is 1.68. The van der Waals surface area contributed by atoms with Crippen molar-refractivity contribution in [3.63, 3.8) is 0 Å². The molecular formula is C12H12FN3O2. The number of anilines is 1. The summed E-state index contributed by atoms with van der Waals surface area (Å²) in [5.74, 6) is -1.52. The van der Waals surface area contributed by atoms with Crippen LogP contribution in [-0.4, -0.2) is 20.8 Å². The number of carbonyl (C=O) groups excluding carboxylic acids is 1. The van der Waals surface area contributed by atoms with Crippen molar-refractivity contribution in [1.29, 1.82) is 0 Å². The van der Waals surface area contributed by atoms with Crippen molar-refractivity contribution in [1.82, 2.24) is 9.78 Å². The summed E-state index contributed by atoms with van der Waals surface area (Å²) in [7, 11) is 1.68. The molecule has 0 aliphatic rings. The van der Waals surface area contributed by atoms with E-state index in [1.165, 1.54) is 23.0 Å². The third kappa shape index (κ3) is 2.17. The van der Waals surface area contributed by atoms with Gasteiger partial charge >= 0.3 is 0 Å². The number of phenols is 1. The Balaban J connectivity index is 2.30. The molecule has 0 atom stereocenters. The zero-order chi connectivity index (χ0) is 13.3. The molecule has 1 heterocycles. The Labute approximate surface area is 103 Å². The zero-order valence-electron chi connectivity index (χ0n) is 9.94. The smallest absolute Gasteiger partial charge is 0.259 e. The molecule has 94 valence electrons. The lowest BCUT2D eigenvalue weighted by molar-refractivity contribution is 0.102. The van der Waals surface area contributed by atoms with Crippen molar-refractivity contribution in [3.8, 4) is 5.75 Å². The van der Waals surface area contributed by atoms with Crippen molar-refractivity contribution < 1.29 is 14.3 Å². The third-order valence-corrected chi connectivity index (χ3v) is 2.49. The summed E-state index contributed by atoms with van der Waals surface area (Å²) in [5, 5.41) is 15.8. The number of hydrogen-bond acceptors (Lipinski definition) is 3. The number of halogens is 1. The normalized spacial score (nSPS) is 10.4. The van der Waals surface area contributed by atoms with Gasteiger partial charge in [-0.15, -0.1) is 0 Å². The first-order valence-electron chi connectivity index (χ1n) is 5.28. The first kappa shape index (κ1) is 12.1. The van der Waals surface area contributed by atoms with E-state index in [0.717, 1.165) is 6.07 Å². The van der Waals surface area contributed by atoms with Crippen LogP contribution in [0.2, 0.25) is 0 Å². The number of aromatic nitrogens is 2. The number of amides is 1. The Bertz CT molecular complexity index is 587. The summed E-state index contributed by atoms with van der Waals surface area (Å²) in [4.78, 5) is 11.9. The molecule has 18 heavy (non-hydrogen) atoms. The predicted molar refractivity (Wildman–Crippen MR) is 64.0 cm³/mol. The van der Waals surface area contributed by atoms with Crippen molar-refractivity contribution >= 4 is 11.6 Å². The van der Waals surface area contributed by atoms with Crippen LogP contribution in [0.1, 0.15) is 16.1 Å². The Hall–Kier alpha value is -2.37. The summed E-state index contributed by atoms with van der Waals surface area (Å²) >= 11 is 0. The number of benzene rings is 1. The van der Waals surface area contributed by atoms with Gasteiger partial charge in [0.15, 0.2) is 5.82 Å². The van der Waals surface area contributed by atoms with Crippen LogP contribution in [0.3, 0.4) is 0 Å². The third-order valence-electron chi connectivity index (χ3n) is 2.49. The number of aryl methyl sites for hydroxylation is 2. The van der Waals surface area contributed by atoms with E-state index in [0.29, 0.717) is 11.3 Å². The Morgan fingerprint density at radius 3 is 2.78 bits per heavy atom. The van der Waals surface area contributed by atoms with Gasteiger partial charge in [-0.25, -0.2) is 4.39 Å². The van der Waals surface area contributed by atoms with Crippen molar-refractivity contribution in [3.05, 3.63) is 41.5 Å². The molecule has 2 aromatic rings. The second kappa shape index (κ2) is 4.48. The SMILES string of the molecule is Cc1nn(C)cc1C(=O)Nc1c(O)cccc1F. The molecule has 6 heteroatoms. The fourth-order valence-corrected chi connectivity index (χ4v) is 1.64. The molecular weight excluding hydrogens is 237 g/mol. The van der Waals surface area contributed by atoms with E-state index >= 15 is 0 Å². The second-order valence-electron chi connectivity index (χ2n) is 3.89. The highest BCUT2D eigenvalue weighted by atomic mass is 19.1. The van der Waals surface area contributed by atoms with Gasteiger partial charge in [0.2, 0.25) is 0 Å². The van der Waals surface area contributed by atoms with E-state index in [-0.39, 0.29) is 11.4 Å². The van der Waals surface area contributed by atoms with Crippen molar-refractivity contribution in [2.75, 3.05) is 5.32 Å². The highest BCUT2D eigenvalue weighted by Crippen LogP contribution is 2.26. The Morgan fingerprint density at radius 1 is 1.50 bits per heavy atom. The molecule has 0 radical (unpaired) electrons. The first-order chi connectivity index (χ1) is 8.49. The van der Waals surface area contributed by atoms with Crippen molar-refractivity contribution in [2.24, 2.45) is 7.05 Å². The van der Waals surface area contributed by atoms with Crippen LogP contribution in [0.5, 0.6) is 5.75 Å². The number of nitrogens with zero attached hydrogens (tertiary/aromatic N) is 2. The summed E-state index contributed by atoms with van der Waals surface area (Å²) in [6.07, 6.45) is 1.53. The highest BCUT2D eigenvalue weighted by Gasteiger charge is 2.16. The maximum absolute atomic E-state index is 13.4. The minimum Gasteiger partial charge on any atom is -0.506 e. The molecule has 1 amide bonds. The monoisotopic (exact) mass is 249 g/mol. The zero-order valence-corrected chi connectivity index (χ0v) is 9.94. The quantitative estimate of drug-likeness (QED) is 0.798. The molecule has 0 unspecified atom stereocenters. The topological polar surface area (TPSA) is 67.2 Å². The van der Waals surface area contributed by atoms with Gasteiger partial charge in [-0.2, -0.15) is 5.10 Å². The van der Waals surface area contributed by atoms with Crippen LogP contribution in [0, 0.1) is 12.7 Å². The average molecular weight is 249 g/mol. The fraction of sp³-hybridized carbons (Fsp3) is 0.167. The minimum atomic E-state index is -0.690. The highest BCUT2D eigenvalue weighted by molar-refractivity contribution is 6.05. The van der Waals surface area contributed by atoms with Crippen LogP contribution in [0.15, 0.2) is 24.4 Å². The lowest BCUT2D eigenvalue weighted by Gasteiger charge is -2.07. The van der Waals surface area contributed by atoms with Crippen LogP contribution in [0.25, 0.3) is 0 Å². The minimum absolute atomic E-state index is 0.231. The van der Waals surface area contributed by atoms with Gasteiger partial charge < -0.3 is 10.4 Å². The molecule has 1 aromatic carbocycles. The number of hydrogen-bond donors (Lipinski definition) is 2. The molecule has 0 aliphatic carbocycles. The molecule has 0 fully saturated rings. The van der Waals surface area contributed by atoms with Crippen LogP contribution in [0.4, 0.5) is 10.1 Å². The summed E-state index contributed by atoms with van der Waals surface area (Å²) in [6, 6.07) is 3.82. The second-order valence-corrected chi connectivity index (χ2v) is 3.89. The molecule has 0 saturated carbocycles. The maximum Gasteiger partial charge on any atom is 0.259 e. The average Bonchev–Trinajstić information content (AvgIpc) is 2.63. The summed E-state index contributed by atoms with van der Waals surface area (Å²) < 4.78 is 14.9. The van der Waals surface area contributed by atoms with Gasteiger partial charge in [0.25, 0.3) is 5.91 Å². The molecule has 2 rings (SSSR count). The van der Waals surface area contributed by atoms with Crippen LogP contribution < -0.4 is 5.32 Å². The molecule has 0 saturated heterocycles. The van der Waals surface area contributed by atoms with E-state index in [1.54, 1.807) is 14.0 Å². The van der Waals surface area contributed by atoms with E-state index in [4.69, 9.17) is 0 Å². The lowest BCUT2D eigenvalue weighted by atomic mass is 10.2. The maximum atomic E-state index is 13.4. The Morgan fingerprint density at radius 2 is 2.22 bits per heavy atom. The molecule has 0 bridgehead atoms. The predicted octanol–water partition coefficient (Wildman–Crippen LogP) is 1.83. The van der Waals surface area contributed by atoms with Gasteiger partial charge in [0, 0.05) is 13.2 Å². The largest absolute Gasteiger partial charge is 0.506 e. The van der Waals surface area contributed by atoms with Gasteiger partial charge in [-0.3, -0.25) is 9.48 Å². The van der Waals surface area contributed by atoms with E-state index < -0.39 is 11.7 Å². The van der Waals surface area contributed by atoms with Crippen LogP contribution >= 0.6 is 0 Å². The molecule has 5 nitrogen and oxygen atoms in total. The number of carbonyl (C=O) groups is 1. The van der Waals surface area contributed by atoms with Gasteiger partial charge in [0.05, 0.1) is 11.3 Å². The lowest BCUT2D eigenvalue weighted by Crippen LogP contribution is -2.13. The first-order valence-corrected chi connectivity index (χ1v) is 5.28. The van der Waals surface area contributed by atoms with Gasteiger partial charge in [-0.05, 0) is 19.1 Å². The fourth-order valence-electron chi connectivity index (χ4n) is 1.64. The molecule has 0 aliphatic heterocycles. The van der Waals surface area contributed by atoms with E-state index in [2.05, 4.69) is 10.4 Å². The number of para-hydroxylation sites is 1. The molecule has 0 spiro atoms. The number of aromatic hydroxyl groups is 1. The van der Waals surface area contributed by atoms with E-state index in [9.17, 15) is 14.3 Å². The molecule has 2 N–H and O–H groups in total. The number of phenolic OH excluding ortho intramolecular Hbond substituents is 1. The van der Waals surface area contributed by atoms with Gasteiger partial charge in [-0.1, -0.05) is 6.07 Å². The van der Waals surface area contributed by atoms with Crippen molar-refractivity contribution in [2.45, 2.75) is 6.92 Å². The Kier molecular flexibility index (Phi) is 3.01. The van der Waals surface area contributed by atoms with Crippen LogP contribution in [-0.2, 0) is 7.05 Å². The number of nitrogens with one attached hydrogen (secondary N) is 1. The van der Waals surface area contributed by atoms with E-state index in [1.807, 2.05) is 0 Å². The standard InChI is InChI=1S/C12H12FN3O2/c1-7-8(6-16(2)15-7)12(18)14-11-9(13)4-3-5-10(11)17/h3-6,17H,1-2H3,(H,14,18).